The Hall–Kier alpha value is -4.24. The summed E-state index contributed by atoms with van der Waals surface area (Å²) < 4.78 is 7.43. The zero-order chi connectivity index (χ0) is 22.0. The molecule has 6 rings (SSSR count). The first kappa shape index (κ1) is 19.4. The third-order valence-electron chi connectivity index (χ3n) is 5.69. The normalized spacial score (nSPS) is 14.5. The van der Waals surface area contributed by atoms with Gasteiger partial charge in [0.25, 0.3) is 0 Å². The number of nitrogens with one attached hydrogen (secondary N) is 2. The maximum atomic E-state index is 5.54. The van der Waals surface area contributed by atoms with Crippen molar-refractivity contribution in [3.8, 4) is 11.3 Å². The topological polar surface area (TPSA) is 95.7 Å². The molecule has 5 heterocycles. The van der Waals surface area contributed by atoms with Crippen LogP contribution in [0, 0.1) is 0 Å². The average Bonchev–Trinajstić information content (AvgIpc) is 3.51. The monoisotopic (exact) mass is 438 g/mol. The highest BCUT2D eigenvalue weighted by Gasteiger charge is 2.18. The molecule has 0 amide bonds. The molecule has 5 aromatic rings. The van der Waals surface area contributed by atoms with E-state index in [9.17, 15) is 0 Å². The van der Waals surface area contributed by atoms with E-state index in [1.807, 2.05) is 53.2 Å². The zero-order valence-electron chi connectivity index (χ0n) is 17.8. The first-order chi connectivity index (χ1) is 16.3. The second-order valence-electron chi connectivity index (χ2n) is 7.83. The summed E-state index contributed by atoms with van der Waals surface area (Å²) in [7, 11) is 0. The van der Waals surface area contributed by atoms with E-state index in [2.05, 4.69) is 31.5 Å². The molecule has 0 aliphatic carbocycles. The smallest absolute Gasteiger partial charge is 0.160 e. The Bertz CT molecular complexity index is 1430. The summed E-state index contributed by atoms with van der Waals surface area (Å²) in [5.41, 5.74) is 7.80. The van der Waals surface area contributed by atoms with E-state index in [1.165, 1.54) is 0 Å². The van der Waals surface area contributed by atoms with Crippen molar-refractivity contribution < 1.29 is 4.74 Å². The molecule has 0 saturated carbocycles. The second kappa shape index (κ2) is 8.36. The third-order valence-corrected chi connectivity index (χ3v) is 5.69. The number of hydrazone groups is 1. The van der Waals surface area contributed by atoms with Gasteiger partial charge in [-0.25, -0.2) is 4.98 Å². The highest BCUT2D eigenvalue weighted by molar-refractivity contribution is 5.89. The Kier molecular flexibility index (Phi) is 4.93. The lowest BCUT2D eigenvalue weighted by Crippen LogP contribution is -2.37. The predicted octanol–water partition coefficient (Wildman–Crippen LogP) is 3.56. The molecule has 1 saturated heterocycles. The fourth-order valence-electron chi connectivity index (χ4n) is 4.02. The molecule has 1 fully saturated rings. The lowest BCUT2D eigenvalue weighted by molar-refractivity contribution is 0.122. The summed E-state index contributed by atoms with van der Waals surface area (Å²) in [5.74, 6) is 1.61. The van der Waals surface area contributed by atoms with E-state index in [0.29, 0.717) is 19.0 Å². The molecule has 0 unspecified atom stereocenters. The van der Waals surface area contributed by atoms with E-state index in [1.54, 1.807) is 18.6 Å². The quantitative estimate of drug-likeness (QED) is 0.322. The molecule has 33 heavy (non-hydrogen) atoms. The number of benzene rings is 1. The van der Waals surface area contributed by atoms with Crippen molar-refractivity contribution in [3.05, 3.63) is 72.7 Å². The molecular formula is C24H22N8O. The van der Waals surface area contributed by atoms with Crippen molar-refractivity contribution >= 4 is 34.4 Å². The van der Waals surface area contributed by atoms with Crippen LogP contribution in [0.5, 0.6) is 0 Å². The van der Waals surface area contributed by atoms with Gasteiger partial charge in [0, 0.05) is 54.9 Å². The van der Waals surface area contributed by atoms with Gasteiger partial charge in [-0.15, -0.1) is 0 Å². The standard InChI is InChI=1S/C24H22N8O/c1-2-20-19(5-8-26-20)13-17(1)16-27-29-22-15-24(31-9-11-33-12-10-31)32-23(28-22)14-21(30-32)18-3-6-25-7-4-18/h1-8,13-16,26H,9-12H2,(H,28,29)/b27-16+. The van der Waals surface area contributed by atoms with E-state index < -0.39 is 0 Å². The number of nitrogens with zero attached hydrogens (tertiary/aromatic N) is 6. The maximum absolute atomic E-state index is 5.54. The summed E-state index contributed by atoms with van der Waals surface area (Å²) in [4.78, 5) is 14.3. The number of aromatic nitrogens is 5. The largest absolute Gasteiger partial charge is 0.378 e. The molecule has 164 valence electrons. The molecule has 9 nitrogen and oxygen atoms in total. The van der Waals surface area contributed by atoms with Gasteiger partial charge in [-0.2, -0.15) is 14.7 Å². The third kappa shape index (κ3) is 3.90. The molecule has 1 aliphatic rings. The van der Waals surface area contributed by atoms with Crippen LogP contribution in [-0.4, -0.2) is 57.1 Å². The van der Waals surface area contributed by atoms with Crippen LogP contribution in [0.15, 0.2) is 72.2 Å². The van der Waals surface area contributed by atoms with Crippen molar-refractivity contribution in [1.82, 2.24) is 24.6 Å². The fourth-order valence-corrected chi connectivity index (χ4v) is 4.02. The molecule has 0 atom stereocenters. The van der Waals surface area contributed by atoms with Gasteiger partial charge in [0.15, 0.2) is 11.5 Å². The van der Waals surface area contributed by atoms with E-state index in [4.69, 9.17) is 14.8 Å². The predicted molar refractivity (Wildman–Crippen MR) is 129 cm³/mol. The molecule has 0 radical (unpaired) electrons. The summed E-state index contributed by atoms with van der Waals surface area (Å²) in [6, 6.07) is 16.1. The molecule has 4 aromatic heterocycles. The number of fused-ring (bicyclic) bond motifs is 2. The number of rotatable bonds is 5. The first-order valence-electron chi connectivity index (χ1n) is 10.8. The van der Waals surface area contributed by atoms with Crippen molar-refractivity contribution in [2.75, 3.05) is 36.6 Å². The molecular weight excluding hydrogens is 416 g/mol. The van der Waals surface area contributed by atoms with Gasteiger partial charge >= 0.3 is 0 Å². The van der Waals surface area contributed by atoms with Crippen LogP contribution in [0.4, 0.5) is 11.6 Å². The van der Waals surface area contributed by atoms with Crippen LogP contribution in [0.2, 0.25) is 0 Å². The molecule has 0 spiro atoms. The van der Waals surface area contributed by atoms with Crippen molar-refractivity contribution in [1.29, 1.82) is 0 Å². The SMILES string of the molecule is C(=N\Nc1cc(N2CCOCC2)n2nc(-c3ccncc3)cc2n1)/c1ccc2[nH]ccc2c1. The lowest BCUT2D eigenvalue weighted by atomic mass is 10.2. The summed E-state index contributed by atoms with van der Waals surface area (Å²) in [6.45, 7) is 2.96. The van der Waals surface area contributed by atoms with Crippen LogP contribution in [0.25, 0.3) is 27.8 Å². The van der Waals surface area contributed by atoms with E-state index >= 15 is 0 Å². The summed E-state index contributed by atoms with van der Waals surface area (Å²) >= 11 is 0. The number of anilines is 2. The zero-order valence-corrected chi connectivity index (χ0v) is 17.8. The minimum absolute atomic E-state index is 0.657. The maximum Gasteiger partial charge on any atom is 0.160 e. The van der Waals surface area contributed by atoms with Gasteiger partial charge in [-0.05, 0) is 41.3 Å². The van der Waals surface area contributed by atoms with Crippen LogP contribution in [0.1, 0.15) is 5.56 Å². The minimum Gasteiger partial charge on any atom is -0.378 e. The average molecular weight is 438 g/mol. The summed E-state index contributed by atoms with van der Waals surface area (Å²) in [6.07, 6.45) is 7.26. The number of hydrogen-bond donors (Lipinski definition) is 2. The molecule has 1 aliphatic heterocycles. The molecule has 9 heteroatoms. The molecule has 1 aromatic carbocycles. The van der Waals surface area contributed by atoms with Gasteiger partial charge in [-0.3, -0.25) is 10.4 Å². The summed E-state index contributed by atoms with van der Waals surface area (Å²) in [5, 5.41) is 10.4. The van der Waals surface area contributed by atoms with Crippen LogP contribution >= 0.6 is 0 Å². The fraction of sp³-hybridized carbons (Fsp3) is 0.167. The molecule has 2 N–H and O–H groups in total. The first-order valence-corrected chi connectivity index (χ1v) is 10.8. The number of ether oxygens (including phenoxy) is 1. The Morgan fingerprint density at radius 2 is 1.91 bits per heavy atom. The number of pyridine rings is 1. The Morgan fingerprint density at radius 3 is 2.79 bits per heavy atom. The van der Waals surface area contributed by atoms with Gasteiger partial charge in [0.2, 0.25) is 0 Å². The number of morpholine rings is 1. The Labute approximate surface area is 189 Å². The van der Waals surface area contributed by atoms with Crippen LogP contribution in [-0.2, 0) is 4.74 Å². The highest BCUT2D eigenvalue weighted by Crippen LogP contribution is 2.25. The lowest BCUT2D eigenvalue weighted by Gasteiger charge is -2.29. The van der Waals surface area contributed by atoms with Crippen LogP contribution in [0.3, 0.4) is 0 Å². The molecule has 0 bridgehead atoms. The number of hydrogen-bond acceptors (Lipinski definition) is 7. The van der Waals surface area contributed by atoms with Crippen molar-refractivity contribution in [2.24, 2.45) is 5.10 Å². The van der Waals surface area contributed by atoms with Gasteiger partial charge < -0.3 is 14.6 Å². The Morgan fingerprint density at radius 1 is 1.03 bits per heavy atom. The van der Waals surface area contributed by atoms with Gasteiger partial charge in [0.1, 0.15) is 5.82 Å². The van der Waals surface area contributed by atoms with Gasteiger partial charge in [-0.1, -0.05) is 6.07 Å². The van der Waals surface area contributed by atoms with E-state index in [0.717, 1.165) is 52.3 Å². The minimum atomic E-state index is 0.657. The highest BCUT2D eigenvalue weighted by atomic mass is 16.5. The Balaban J connectivity index is 1.34. The van der Waals surface area contributed by atoms with Gasteiger partial charge in [0.05, 0.1) is 25.1 Å². The van der Waals surface area contributed by atoms with Crippen LogP contribution < -0.4 is 10.3 Å². The van der Waals surface area contributed by atoms with E-state index in [-0.39, 0.29) is 0 Å². The number of aromatic amines is 1. The van der Waals surface area contributed by atoms with Crippen molar-refractivity contribution in [3.63, 3.8) is 0 Å². The second-order valence-corrected chi connectivity index (χ2v) is 7.83. The van der Waals surface area contributed by atoms with Crippen molar-refractivity contribution in [2.45, 2.75) is 0 Å². The number of H-pyrrole nitrogens is 1.